The Labute approximate surface area is 91.0 Å². The third-order valence-corrected chi connectivity index (χ3v) is 2.73. The number of halogens is 3. The molecule has 2 nitrogen and oxygen atoms in total. The maximum Gasteiger partial charge on any atom is 0.336 e. The molecule has 0 aliphatic heterocycles. The molecule has 0 bridgehead atoms. The zero-order valence-corrected chi connectivity index (χ0v) is 9.52. The minimum atomic E-state index is -1.12. The number of hydrogen-bond donors (Lipinski definition) is 1. The first kappa shape index (κ1) is 10.7. The summed E-state index contributed by atoms with van der Waals surface area (Å²) in [4.78, 5) is 10.6. The van der Waals surface area contributed by atoms with Crippen LogP contribution in [0.2, 0.25) is 0 Å². The van der Waals surface area contributed by atoms with Gasteiger partial charge in [-0.2, -0.15) is 0 Å². The van der Waals surface area contributed by atoms with Gasteiger partial charge in [-0.05, 0) is 28.1 Å². The Kier molecular flexibility index (Phi) is 3.44. The van der Waals surface area contributed by atoms with Crippen molar-refractivity contribution in [3.8, 4) is 0 Å². The van der Waals surface area contributed by atoms with E-state index >= 15 is 0 Å². The maximum absolute atomic E-state index is 13.3. The molecule has 0 fully saturated rings. The monoisotopic (exact) mass is 310 g/mol. The second kappa shape index (κ2) is 4.19. The van der Waals surface area contributed by atoms with Crippen molar-refractivity contribution in [2.75, 3.05) is 0 Å². The van der Waals surface area contributed by atoms with E-state index in [9.17, 15) is 9.18 Å². The summed E-state index contributed by atoms with van der Waals surface area (Å²) in [6.07, 6.45) is 0. The van der Waals surface area contributed by atoms with E-state index < -0.39 is 11.8 Å². The first-order chi connectivity index (χ1) is 6.07. The van der Waals surface area contributed by atoms with Gasteiger partial charge in [0.1, 0.15) is 5.82 Å². The lowest BCUT2D eigenvalue weighted by atomic mass is 10.1. The highest BCUT2D eigenvalue weighted by atomic mass is 79.9. The largest absolute Gasteiger partial charge is 0.478 e. The standard InChI is InChI=1S/C8H5Br2FO2/c9-3-5-4(8(12)13)1-2-6(10)7(5)11/h1-2H,3H2,(H,12,13). The molecule has 1 rings (SSSR count). The van der Waals surface area contributed by atoms with Gasteiger partial charge >= 0.3 is 5.97 Å². The van der Waals surface area contributed by atoms with Crippen molar-refractivity contribution < 1.29 is 14.3 Å². The molecule has 0 saturated heterocycles. The van der Waals surface area contributed by atoms with Crippen LogP contribution in [0.15, 0.2) is 16.6 Å². The molecule has 70 valence electrons. The van der Waals surface area contributed by atoms with Crippen LogP contribution in [0, 0.1) is 5.82 Å². The van der Waals surface area contributed by atoms with Gasteiger partial charge in [0, 0.05) is 10.9 Å². The van der Waals surface area contributed by atoms with Crippen molar-refractivity contribution in [2.45, 2.75) is 5.33 Å². The van der Waals surface area contributed by atoms with E-state index in [2.05, 4.69) is 31.9 Å². The lowest BCUT2D eigenvalue weighted by Crippen LogP contribution is -2.03. The molecule has 0 radical (unpaired) electrons. The summed E-state index contributed by atoms with van der Waals surface area (Å²) in [5, 5.41) is 8.89. The van der Waals surface area contributed by atoms with Gasteiger partial charge in [-0.3, -0.25) is 0 Å². The average molecular weight is 312 g/mol. The van der Waals surface area contributed by atoms with Crippen molar-refractivity contribution in [1.82, 2.24) is 0 Å². The van der Waals surface area contributed by atoms with Gasteiger partial charge in [0.15, 0.2) is 0 Å². The Hall–Kier alpha value is -0.420. The van der Waals surface area contributed by atoms with E-state index in [1.807, 2.05) is 0 Å². The van der Waals surface area contributed by atoms with Gasteiger partial charge in [-0.1, -0.05) is 15.9 Å². The second-order valence-electron chi connectivity index (χ2n) is 2.33. The van der Waals surface area contributed by atoms with Crippen molar-refractivity contribution in [3.05, 3.63) is 33.5 Å². The fourth-order valence-electron chi connectivity index (χ4n) is 0.924. The van der Waals surface area contributed by atoms with Crippen molar-refractivity contribution in [3.63, 3.8) is 0 Å². The van der Waals surface area contributed by atoms with Crippen LogP contribution in [0.25, 0.3) is 0 Å². The maximum atomic E-state index is 13.3. The van der Waals surface area contributed by atoms with Crippen LogP contribution in [-0.4, -0.2) is 11.1 Å². The lowest BCUT2D eigenvalue weighted by molar-refractivity contribution is 0.0695. The SMILES string of the molecule is O=C(O)c1ccc(Br)c(F)c1CBr. The Bertz CT molecular complexity index is 352. The van der Waals surface area contributed by atoms with Gasteiger partial charge in [0.05, 0.1) is 10.0 Å². The van der Waals surface area contributed by atoms with E-state index in [1.54, 1.807) is 0 Å². The average Bonchev–Trinajstić information content (AvgIpc) is 2.09. The fraction of sp³-hybridized carbons (Fsp3) is 0.125. The second-order valence-corrected chi connectivity index (χ2v) is 3.74. The zero-order valence-electron chi connectivity index (χ0n) is 6.35. The minimum absolute atomic E-state index is 0.0161. The van der Waals surface area contributed by atoms with E-state index in [1.165, 1.54) is 12.1 Å². The Balaban J connectivity index is 3.38. The van der Waals surface area contributed by atoms with E-state index in [0.29, 0.717) is 0 Å². The van der Waals surface area contributed by atoms with Crippen LogP contribution >= 0.6 is 31.9 Å². The van der Waals surface area contributed by atoms with Crippen LogP contribution < -0.4 is 0 Å². The number of benzene rings is 1. The fourth-order valence-corrected chi connectivity index (χ4v) is 1.84. The number of hydrogen-bond acceptors (Lipinski definition) is 1. The molecule has 0 heterocycles. The lowest BCUT2D eigenvalue weighted by Gasteiger charge is -2.05. The number of alkyl halides is 1. The smallest absolute Gasteiger partial charge is 0.336 e. The molecule has 0 aliphatic rings. The molecule has 0 unspecified atom stereocenters. The normalized spacial score (nSPS) is 10.1. The minimum Gasteiger partial charge on any atom is -0.478 e. The molecule has 0 aliphatic carbocycles. The summed E-state index contributed by atoms with van der Waals surface area (Å²) < 4.78 is 13.6. The molecule has 5 heteroatoms. The molecule has 0 spiro atoms. The summed E-state index contributed by atoms with van der Waals surface area (Å²) in [6.45, 7) is 0. The molecule has 1 aromatic carbocycles. The molecule has 0 aromatic heterocycles. The third kappa shape index (κ3) is 2.08. The molecule has 13 heavy (non-hydrogen) atoms. The molecule has 1 N–H and O–H groups in total. The van der Waals surface area contributed by atoms with Crippen LogP contribution in [0.4, 0.5) is 4.39 Å². The molecule has 0 saturated carbocycles. The van der Waals surface area contributed by atoms with Gasteiger partial charge in [0.2, 0.25) is 0 Å². The summed E-state index contributed by atoms with van der Waals surface area (Å²) in [5.41, 5.74) is 0.138. The van der Waals surface area contributed by atoms with E-state index in [-0.39, 0.29) is 20.9 Å². The van der Waals surface area contributed by atoms with E-state index in [4.69, 9.17) is 5.11 Å². The number of aromatic carboxylic acids is 1. The topological polar surface area (TPSA) is 37.3 Å². The first-order valence-corrected chi connectivity index (χ1v) is 5.25. The first-order valence-electron chi connectivity index (χ1n) is 3.34. The number of rotatable bonds is 2. The predicted octanol–water partition coefficient (Wildman–Crippen LogP) is 3.18. The molecule has 0 atom stereocenters. The van der Waals surface area contributed by atoms with Crippen LogP contribution in [0.3, 0.4) is 0 Å². The van der Waals surface area contributed by atoms with E-state index in [0.717, 1.165) is 0 Å². The predicted molar refractivity (Wildman–Crippen MR) is 53.7 cm³/mol. The molecule has 0 amide bonds. The van der Waals surface area contributed by atoms with Crippen molar-refractivity contribution in [2.24, 2.45) is 0 Å². The summed E-state index contributed by atoms with van der Waals surface area (Å²) in [5.74, 6) is -1.65. The molecular formula is C8H5Br2FO2. The Morgan fingerprint density at radius 3 is 2.62 bits per heavy atom. The van der Waals surface area contributed by atoms with Gasteiger partial charge in [-0.25, -0.2) is 9.18 Å². The van der Waals surface area contributed by atoms with Crippen molar-refractivity contribution in [1.29, 1.82) is 0 Å². The third-order valence-electron chi connectivity index (χ3n) is 1.56. The molecular weight excluding hydrogens is 307 g/mol. The summed E-state index contributed by atoms with van der Waals surface area (Å²) in [6, 6.07) is 2.75. The highest BCUT2D eigenvalue weighted by Gasteiger charge is 2.15. The highest BCUT2D eigenvalue weighted by Crippen LogP contribution is 2.24. The number of carboxylic acids is 1. The number of carbonyl (C=O) groups is 1. The van der Waals surface area contributed by atoms with Gasteiger partial charge in [0.25, 0.3) is 0 Å². The van der Waals surface area contributed by atoms with Gasteiger partial charge in [-0.15, -0.1) is 0 Å². The van der Waals surface area contributed by atoms with Crippen LogP contribution in [0.1, 0.15) is 15.9 Å². The Morgan fingerprint density at radius 1 is 1.54 bits per heavy atom. The zero-order chi connectivity index (χ0) is 10.0. The quantitative estimate of drug-likeness (QED) is 0.852. The van der Waals surface area contributed by atoms with Crippen LogP contribution in [0.5, 0.6) is 0 Å². The number of carboxylic acid groups (broad SMARTS) is 1. The van der Waals surface area contributed by atoms with Crippen molar-refractivity contribution >= 4 is 37.8 Å². The highest BCUT2D eigenvalue weighted by molar-refractivity contribution is 9.10. The summed E-state index contributed by atoms with van der Waals surface area (Å²) in [7, 11) is 0. The summed E-state index contributed by atoms with van der Waals surface area (Å²) >= 11 is 6.02. The Morgan fingerprint density at radius 2 is 2.15 bits per heavy atom. The molecule has 1 aromatic rings. The van der Waals surface area contributed by atoms with Gasteiger partial charge < -0.3 is 5.11 Å². The van der Waals surface area contributed by atoms with Crippen LogP contribution in [-0.2, 0) is 5.33 Å².